The average molecular weight is 337 g/mol. The maximum absolute atomic E-state index is 10.2. The van der Waals surface area contributed by atoms with Gasteiger partial charge in [0, 0.05) is 12.1 Å². The minimum absolute atomic E-state index is 0. The first-order valence-electron chi connectivity index (χ1n) is 7.53. The van der Waals surface area contributed by atoms with E-state index in [1.807, 2.05) is 60.7 Å². The van der Waals surface area contributed by atoms with Gasteiger partial charge in [0.2, 0.25) is 0 Å². The lowest BCUT2D eigenvalue weighted by atomic mass is 9.92. The van der Waals surface area contributed by atoms with E-state index in [9.17, 15) is 10.2 Å². The molecule has 0 aliphatic carbocycles. The third-order valence-corrected chi connectivity index (χ3v) is 3.86. The second-order valence-corrected chi connectivity index (χ2v) is 5.69. The van der Waals surface area contributed by atoms with Gasteiger partial charge in [-0.25, -0.2) is 0 Å². The zero-order valence-corrected chi connectivity index (χ0v) is 13.8. The van der Waals surface area contributed by atoms with Crippen LogP contribution in [0, 0.1) is 0 Å². The van der Waals surface area contributed by atoms with Crippen LogP contribution >= 0.6 is 12.4 Å². The Bertz CT molecular complexity index is 502. The van der Waals surface area contributed by atoms with Crippen molar-refractivity contribution in [3.05, 3.63) is 71.8 Å². The van der Waals surface area contributed by atoms with Gasteiger partial charge in [-0.15, -0.1) is 12.4 Å². The summed E-state index contributed by atoms with van der Waals surface area (Å²) < 4.78 is 0. The molecule has 0 aliphatic rings. The fourth-order valence-electron chi connectivity index (χ4n) is 2.52. The van der Waals surface area contributed by atoms with Gasteiger partial charge in [-0.3, -0.25) is 0 Å². The SMILES string of the molecule is Cl.N[C@@H](Cc1ccccc1)[C@H](O)[C@@H](O)[C@@H](N)Cc1ccccc1. The zero-order chi connectivity index (χ0) is 15.9. The molecule has 4 atom stereocenters. The van der Waals surface area contributed by atoms with E-state index < -0.39 is 24.3 Å². The molecule has 4 nitrogen and oxygen atoms in total. The molecule has 0 spiro atoms. The maximum Gasteiger partial charge on any atom is 0.0968 e. The molecule has 126 valence electrons. The molecular formula is C18H25ClN2O2. The van der Waals surface area contributed by atoms with Crippen molar-refractivity contribution in [3.63, 3.8) is 0 Å². The normalized spacial score (nSPS) is 16.0. The molecule has 0 saturated heterocycles. The van der Waals surface area contributed by atoms with Crippen molar-refractivity contribution >= 4 is 12.4 Å². The van der Waals surface area contributed by atoms with E-state index in [0.717, 1.165) is 11.1 Å². The highest BCUT2D eigenvalue weighted by Gasteiger charge is 2.28. The number of rotatable bonds is 7. The summed E-state index contributed by atoms with van der Waals surface area (Å²) in [7, 11) is 0. The zero-order valence-electron chi connectivity index (χ0n) is 13.0. The first-order chi connectivity index (χ1) is 10.6. The first kappa shape index (κ1) is 19.6. The molecule has 23 heavy (non-hydrogen) atoms. The van der Waals surface area contributed by atoms with E-state index in [0.29, 0.717) is 12.8 Å². The summed E-state index contributed by atoms with van der Waals surface area (Å²) in [5.41, 5.74) is 14.1. The van der Waals surface area contributed by atoms with Gasteiger partial charge in [0.05, 0.1) is 12.2 Å². The quantitative estimate of drug-likeness (QED) is 0.612. The largest absolute Gasteiger partial charge is 0.389 e. The molecule has 0 fully saturated rings. The van der Waals surface area contributed by atoms with Crippen molar-refractivity contribution in [2.45, 2.75) is 37.1 Å². The van der Waals surface area contributed by atoms with Crippen molar-refractivity contribution in [2.24, 2.45) is 11.5 Å². The summed E-state index contributed by atoms with van der Waals surface area (Å²) in [4.78, 5) is 0. The molecule has 6 N–H and O–H groups in total. The molecule has 2 rings (SSSR count). The van der Waals surface area contributed by atoms with Crippen molar-refractivity contribution in [1.82, 2.24) is 0 Å². The van der Waals surface area contributed by atoms with Crippen LogP contribution in [0.25, 0.3) is 0 Å². The van der Waals surface area contributed by atoms with Gasteiger partial charge >= 0.3 is 0 Å². The Morgan fingerprint density at radius 1 is 0.652 bits per heavy atom. The van der Waals surface area contributed by atoms with Crippen LogP contribution in [0.1, 0.15) is 11.1 Å². The van der Waals surface area contributed by atoms with E-state index in [1.54, 1.807) is 0 Å². The molecule has 0 unspecified atom stereocenters. The van der Waals surface area contributed by atoms with Gasteiger partial charge in [0.1, 0.15) is 0 Å². The fourth-order valence-corrected chi connectivity index (χ4v) is 2.52. The predicted octanol–water partition coefficient (Wildman–Crippen LogP) is 1.27. The summed E-state index contributed by atoms with van der Waals surface area (Å²) >= 11 is 0. The van der Waals surface area contributed by atoms with Gasteiger partial charge in [-0.1, -0.05) is 60.7 Å². The van der Waals surface area contributed by atoms with Crippen LogP contribution in [0.3, 0.4) is 0 Å². The van der Waals surface area contributed by atoms with Crippen molar-refractivity contribution < 1.29 is 10.2 Å². The second-order valence-electron chi connectivity index (χ2n) is 5.69. The molecule has 0 bridgehead atoms. The average Bonchev–Trinajstić information content (AvgIpc) is 2.55. The number of hydrogen-bond donors (Lipinski definition) is 4. The second kappa shape index (κ2) is 9.65. The molecule has 2 aromatic carbocycles. The summed E-state index contributed by atoms with van der Waals surface area (Å²) in [5, 5.41) is 20.5. The van der Waals surface area contributed by atoms with E-state index in [4.69, 9.17) is 11.5 Å². The molecule has 0 aromatic heterocycles. The maximum atomic E-state index is 10.2. The summed E-state index contributed by atoms with van der Waals surface area (Å²) in [6.45, 7) is 0. The van der Waals surface area contributed by atoms with Gasteiger partial charge in [0.25, 0.3) is 0 Å². The Balaban J connectivity index is 0.00000264. The number of aliphatic hydroxyl groups excluding tert-OH is 2. The number of nitrogens with two attached hydrogens (primary N) is 2. The minimum Gasteiger partial charge on any atom is -0.389 e. The standard InChI is InChI=1S/C18H24N2O2.ClH/c19-15(11-13-7-3-1-4-8-13)17(21)18(22)16(20)12-14-9-5-2-6-10-14;/h1-10,15-18,21-22H,11-12,19-20H2;1H/t15-,16-,17-,18-;/m0./s1. The van der Waals surface area contributed by atoms with Crippen LogP contribution < -0.4 is 11.5 Å². The molecule has 0 saturated carbocycles. The molecular weight excluding hydrogens is 312 g/mol. The molecule has 0 amide bonds. The van der Waals surface area contributed by atoms with Crippen LogP contribution in [0.4, 0.5) is 0 Å². The van der Waals surface area contributed by atoms with E-state index in [2.05, 4.69) is 0 Å². The third-order valence-electron chi connectivity index (χ3n) is 3.86. The van der Waals surface area contributed by atoms with E-state index in [1.165, 1.54) is 0 Å². The van der Waals surface area contributed by atoms with Crippen LogP contribution in [-0.2, 0) is 12.8 Å². The predicted molar refractivity (Wildman–Crippen MR) is 95.5 cm³/mol. The molecule has 0 heterocycles. The highest BCUT2D eigenvalue weighted by Crippen LogP contribution is 2.11. The monoisotopic (exact) mass is 336 g/mol. The van der Waals surface area contributed by atoms with Crippen LogP contribution in [0.2, 0.25) is 0 Å². The molecule has 0 aliphatic heterocycles. The highest BCUT2D eigenvalue weighted by atomic mass is 35.5. The highest BCUT2D eigenvalue weighted by molar-refractivity contribution is 5.85. The van der Waals surface area contributed by atoms with Crippen molar-refractivity contribution in [2.75, 3.05) is 0 Å². The van der Waals surface area contributed by atoms with Gasteiger partial charge in [-0.05, 0) is 24.0 Å². The number of aliphatic hydroxyl groups is 2. The van der Waals surface area contributed by atoms with Gasteiger partial charge < -0.3 is 21.7 Å². The Morgan fingerprint density at radius 2 is 0.957 bits per heavy atom. The number of halogens is 1. The fraction of sp³-hybridized carbons (Fsp3) is 0.333. The molecule has 5 heteroatoms. The lowest BCUT2D eigenvalue weighted by Crippen LogP contribution is -2.52. The van der Waals surface area contributed by atoms with Crippen LogP contribution in [0.5, 0.6) is 0 Å². The first-order valence-corrected chi connectivity index (χ1v) is 7.53. The van der Waals surface area contributed by atoms with Crippen LogP contribution in [-0.4, -0.2) is 34.5 Å². The summed E-state index contributed by atoms with van der Waals surface area (Å²) in [5.74, 6) is 0. The van der Waals surface area contributed by atoms with Crippen molar-refractivity contribution in [3.8, 4) is 0 Å². The lowest BCUT2D eigenvalue weighted by molar-refractivity contribution is -0.00975. The van der Waals surface area contributed by atoms with Gasteiger partial charge in [0.15, 0.2) is 0 Å². The number of benzene rings is 2. The smallest absolute Gasteiger partial charge is 0.0968 e. The van der Waals surface area contributed by atoms with E-state index >= 15 is 0 Å². The van der Waals surface area contributed by atoms with Gasteiger partial charge in [-0.2, -0.15) is 0 Å². The Morgan fingerprint density at radius 3 is 1.26 bits per heavy atom. The Labute approximate surface area is 143 Å². The molecule has 2 aromatic rings. The van der Waals surface area contributed by atoms with E-state index in [-0.39, 0.29) is 12.4 Å². The number of hydrogen-bond acceptors (Lipinski definition) is 4. The summed E-state index contributed by atoms with van der Waals surface area (Å²) in [6, 6.07) is 18.2. The summed E-state index contributed by atoms with van der Waals surface area (Å²) in [6.07, 6.45) is -1.12. The van der Waals surface area contributed by atoms with Crippen molar-refractivity contribution in [1.29, 1.82) is 0 Å². The third kappa shape index (κ3) is 5.94. The van der Waals surface area contributed by atoms with Crippen LogP contribution in [0.15, 0.2) is 60.7 Å². The topological polar surface area (TPSA) is 92.5 Å². The Kier molecular flexibility index (Phi) is 8.23. The Hall–Kier alpha value is -1.43. The lowest BCUT2D eigenvalue weighted by Gasteiger charge is -2.28. The molecule has 0 radical (unpaired) electrons. The minimum atomic E-state index is -1.06.